The Bertz CT molecular complexity index is 965. The van der Waals surface area contributed by atoms with E-state index in [0.29, 0.717) is 17.4 Å². The van der Waals surface area contributed by atoms with Crippen LogP contribution in [0.3, 0.4) is 0 Å². The average Bonchev–Trinajstić information content (AvgIpc) is 3.54. The van der Waals surface area contributed by atoms with E-state index in [1.807, 2.05) is 58.5 Å². The van der Waals surface area contributed by atoms with Gasteiger partial charge in [0.25, 0.3) is 0 Å². The average molecular weight is 453 g/mol. The largest absolute Gasteiger partial charge is 0.353 e. The second-order valence-corrected chi connectivity index (χ2v) is 9.74. The summed E-state index contributed by atoms with van der Waals surface area (Å²) in [7, 11) is 0. The van der Waals surface area contributed by atoms with E-state index in [1.54, 1.807) is 0 Å². The molecule has 2 aromatic rings. The second-order valence-electron chi connectivity index (χ2n) is 9.30. The normalized spacial score (nSPS) is 22.2. The molecule has 2 aliphatic heterocycles. The Morgan fingerprint density at radius 3 is 2.31 bits per heavy atom. The highest BCUT2D eigenvalue weighted by Crippen LogP contribution is 2.60. The van der Waals surface area contributed by atoms with Crippen LogP contribution in [0.5, 0.6) is 0 Å². The summed E-state index contributed by atoms with van der Waals surface area (Å²) in [4.78, 5) is 36.5. The number of amides is 2. The van der Waals surface area contributed by atoms with E-state index in [9.17, 15) is 9.59 Å². The van der Waals surface area contributed by atoms with Gasteiger partial charge in [0.2, 0.25) is 11.8 Å². The summed E-state index contributed by atoms with van der Waals surface area (Å²) in [6, 6.07) is 13.4. The number of carbonyl (C=O) groups excluding carboxylic acids is 2. The Labute approximate surface area is 194 Å². The summed E-state index contributed by atoms with van der Waals surface area (Å²) >= 11 is 5.93. The molecule has 6 nitrogen and oxygen atoms in total. The minimum absolute atomic E-state index is 0.117. The number of halogens is 1. The first-order valence-corrected chi connectivity index (χ1v) is 11.9. The standard InChI is InChI=1S/C25H29ClN4O2/c26-20-6-4-19(5-7-20)17-23(31)29-11-8-25(9-12-29)18-21(25)24(32)30-15-13-28(14-16-30)22-3-1-2-10-27-22/h1-7,10,21H,8-9,11-18H2/t21-/m1/s1. The molecule has 2 saturated heterocycles. The van der Waals surface area contributed by atoms with Crippen LogP contribution < -0.4 is 4.90 Å². The predicted octanol–water partition coefficient (Wildman–Crippen LogP) is 3.26. The van der Waals surface area contributed by atoms with Crippen LogP contribution in [0.25, 0.3) is 0 Å². The number of hydrogen-bond donors (Lipinski definition) is 0. The van der Waals surface area contributed by atoms with Gasteiger partial charge in [0.05, 0.1) is 6.42 Å². The van der Waals surface area contributed by atoms with E-state index in [4.69, 9.17) is 11.6 Å². The summed E-state index contributed by atoms with van der Waals surface area (Å²) in [6.07, 6.45) is 5.07. The number of hydrogen-bond acceptors (Lipinski definition) is 4. The van der Waals surface area contributed by atoms with Crippen LogP contribution in [0, 0.1) is 11.3 Å². The van der Waals surface area contributed by atoms with Crippen molar-refractivity contribution in [1.82, 2.24) is 14.8 Å². The quantitative estimate of drug-likeness (QED) is 0.714. The summed E-state index contributed by atoms with van der Waals surface area (Å²) in [5.41, 5.74) is 1.11. The number of nitrogens with zero attached hydrogens (tertiary/aromatic N) is 4. The van der Waals surface area contributed by atoms with Gasteiger partial charge in [-0.25, -0.2) is 4.98 Å². The lowest BCUT2D eigenvalue weighted by molar-refractivity contribution is -0.134. The van der Waals surface area contributed by atoms with E-state index in [-0.39, 0.29) is 17.2 Å². The monoisotopic (exact) mass is 452 g/mol. The molecule has 1 aromatic carbocycles. The summed E-state index contributed by atoms with van der Waals surface area (Å²) < 4.78 is 0. The maximum absolute atomic E-state index is 13.2. The minimum Gasteiger partial charge on any atom is -0.353 e. The van der Waals surface area contributed by atoms with Gasteiger partial charge in [0.15, 0.2) is 0 Å². The van der Waals surface area contributed by atoms with Crippen LogP contribution >= 0.6 is 11.6 Å². The number of piperidine rings is 1. The fourth-order valence-corrected chi connectivity index (χ4v) is 5.38. The van der Waals surface area contributed by atoms with E-state index in [1.165, 1.54) is 0 Å². The molecule has 3 heterocycles. The van der Waals surface area contributed by atoms with Crippen molar-refractivity contribution in [2.45, 2.75) is 25.7 Å². The van der Waals surface area contributed by atoms with E-state index in [0.717, 1.165) is 69.9 Å². The van der Waals surface area contributed by atoms with Gasteiger partial charge < -0.3 is 14.7 Å². The zero-order chi connectivity index (χ0) is 22.1. The van der Waals surface area contributed by atoms with E-state index >= 15 is 0 Å². The molecular formula is C25H29ClN4O2. The molecule has 1 spiro atoms. The molecule has 168 valence electrons. The molecule has 0 radical (unpaired) electrons. The van der Waals surface area contributed by atoms with Gasteiger partial charge in [0, 0.05) is 56.4 Å². The number of carbonyl (C=O) groups is 2. The molecule has 0 unspecified atom stereocenters. The first-order valence-electron chi connectivity index (χ1n) is 11.5. The third-order valence-corrected chi connectivity index (χ3v) is 7.68. The molecule has 1 aromatic heterocycles. The van der Waals surface area contributed by atoms with Gasteiger partial charge in [-0.3, -0.25) is 9.59 Å². The molecule has 1 saturated carbocycles. The third-order valence-electron chi connectivity index (χ3n) is 7.43. The molecule has 7 heteroatoms. The number of anilines is 1. The molecule has 0 bridgehead atoms. The fraction of sp³-hybridized carbons (Fsp3) is 0.480. The first kappa shape index (κ1) is 21.3. The number of benzene rings is 1. The molecular weight excluding hydrogens is 424 g/mol. The van der Waals surface area contributed by atoms with Crippen molar-refractivity contribution in [1.29, 1.82) is 0 Å². The lowest BCUT2D eigenvalue weighted by Gasteiger charge is -2.37. The van der Waals surface area contributed by atoms with E-state index in [2.05, 4.69) is 9.88 Å². The SMILES string of the molecule is O=C(Cc1ccc(Cl)cc1)N1CCC2(CC1)C[C@@H]2C(=O)N1CCN(c2ccccn2)CC1. The highest BCUT2D eigenvalue weighted by molar-refractivity contribution is 6.30. The molecule has 2 amide bonds. The molecule has 3 aliphatic rings. The fourth-order valence-electron chi connectivity index (χ4n) is 5.26. The van der Waals surface area contributed by atoms with Crippen molar-refractivity contribution in [3.63, 3.8) is 0 Å². The number of piperazine rings is 1. The van der Waals surface area contributed by atoms with Crippen molar-refractivity contribution < 1.29 is 9.59 Å². The predicted molar refractivity (Wildman–Crippen MR) is 125 cm³/mol. The van der Waals surface area contributed by atoms with Crippen molar-refractivity contribution in [2.75, 3.05) is 44.2 Å². The van der Waals surface area contributed by atoms with Crippen LogP contribution in [-0.4, -0.2) is 65.9 Å². The van der Waals surface area contributed by atoms with Crippen LogP contribution in [0.4, 0.5) is 5.82 Å². The van der Waals surface area contributed by atoms with Crippen molar-refractivity contribution in [2.24, 2.45) is 11.3 Å². The smallest absolute Gasteiger partial charge is 0.226 e. The van der Waals surface area contributed by atoms with Crippen LogP contribution in [0.1, 0.15) is 24.8 Å². The summed E-state index contributed by atoms with van der Waals surface area (Å²) in [6.45, 7) is 4.68. The maximum Gasteiger partial charge on any atom is 0.226 e. The van der Waals surface area contributed by atoms with Crippen molar-refractivity contribution in [3.8, 4) is 0 Å². The zero-order valence-corrected chi connectivity index (χ0v) is 19.0. The lowest BCUT2D eigenvalue weighted by Crippen LogP contribution is -2.50. The topological polar surface area (TPSA) is 56.8 Å². The molecule has 1 atom stereocenters. The summed E-state index contributed by atoms with van der Waals surface area (Å²) in [5.74, 6) is 1.60. The molecule has 32 heavy (non-hydrogen) atoms. The molecule has 3 fully saturated rings. The van der Waals surface area contributed by atoms with Crippen LogP contribution in [0.2, 0.25) is 5.02 Å². The Morgan fingerprint density at radius 2 is 1.66 bits per heavy atom. The molecule has 0 N–H and O–H groups in total. The van der Waals surface area contributed by atoms with Gasteiger partial charge in [-0.2, -0.15) is 0 Å². The maximum atomic E-state index is 13.2. The van der Waals surface area contributed by atoms with Gasteiger partial charge in [-0.15, -0.1) is 0 Å². The van der Waals surface area contributed by atoms with E-state index < -0.39 is 0 Å². The Morgan fingerprint density at radius 1 is 0.938 bits per heavy atom. The van der Waals surface area contributed by atoms with Gasteiger partial charge in [-0.05, 0) is 54.5 Å². The van der Waals surface area contributed by atoms with Crippen LogP contribution in [0.15, 0.2) is 48.7 Å². The number of aromatic nitrogens is 1. The Balaban J connectivity index is 1.10. The van der Waals surface area contributed by atoms with Crippen molar-refractivity contribution in [3.05, 3.63) is 59.2 Å². The zero-order valence-electron chi connectivity index (χ0n) is 18.3. The number of rotatable bonds is 4. The second kappa shape index (κ2) is 8.74. The van der Waals surface area contributed by atoms with Crippen LogP contribution in [-0.2, 0) is 16.0 Å². The summed E-state index contributed by atoms with van der Waals surface area (Å²) in [5, 5.41) is 0.684. The first-order chi connectivity index (χ1) is 15.5. The Kier molecular flexibility index (Phi) is 5.80. The highest BCUT2D eigenvalue weighted by Gasteiger charge is 2.59. The Hall–Kier alpha value is -2.60. The highest BCUT2D eigenvalue weighted by atomic mass is 35.5. The number of pyridine rings is 1. The molecule has 5 rings (SSSR count). The lowest BCUT2D eigenvalue weighted by atomic mass is 9.90. The minimum atomic E-state index is 0.117. The molecule has 1 aliphatic carbocycles. The van der Waals surface area contributed by atoms with Gasteiger partial charge >= 0.3 is 0 Å². The van der Waals surface area contributed by atoms with Gasteiger partial charge in [0.1, 0.15) is 5.82 Å². The third kappa shape index (κ3) is 4.33. The van der Waals surface area contributed by atoms with Gasteiger partial charge in [-0.1, -0.05) is 29.8 Å². The van der Waals surface area contributed by atoms with Crippen molar-refractivity contribution >= 4 is 29.2 Å². The number of likely N-dealkylation sites (tertiary alicyclic amines) is 1.